The second kappa shape index (κ2) is 19.9. The molecule has 0 N–H and O–H groups in total. The minimum Gasteiger partial charge on any atom is -0.380 e. The molecule has 0 aliphatic heterocycles. The first-order valence-electron chi connectivity index (χ1n) is 13.0. The molecule has 5 nitrogen and oxygen atoms in total. The smallest absolute Gasteiger partial charge is 0.0650 e. The predicted molar refractivity (Wildman–Crippen MR) is 148 cm³/mol. The minimum atomic E-state index is -0.218. The highest BCUT2D eigenvalue weighted by Crippen LogP contribution is 2.28. The van der Waals surface area contributed by atoms with Crippen molar-refractivity contribution in [1.29, 1.82) is 0 Å². The van der Waals surface area contributed by atoms with Gasteiger partial charge in [-0.2, -0.15) is 0 Å². The quantitative estimate of drug-likeness (QED) is 0.120. The number of rotatable bonds is 22. The fourth-order valence-corrected chi connectivity index (χ4v) is 3.21. The van der Waals surface area contributed by atoms with Crippen molar-refractivity contribution >= 4 is 0 Å². The number of hydrogen-bond donors (Lipinski definition) is 0. The zero-order valence-corrected chi connectivity index (χ0v) is 24.0. The lowest BCUT2D eigenvalue weighted by molar-refractivity contribution is -0.105. The van der Waals surface area contributed by atoms with E-state index in [1.54, 1.807) is 6.08 Å². The van der Waals surface area contributed by atoms with Crippen molar-refractivity contribution in [3.8, 4) is 0 Å². The Hall–Kier alpha value is -1.24. The Morgan fingerprint density at radius 3 is 1.06 bits per heavy atom. The highest BCUT2D eigenvalue weighted by Gasteiger charge is 2.34. The van der Waals surface area contributed by atoms with Crippen LogP contribution in [0.3, 0.4) is 0 Å². The average Bonchev–Trinajstić information content (AvgIpc) is 2.81. The van der Waals surface area contributed by atoms with Gasteiger partial charge in [-0.05, 0) is 54.4 Å². The van der Waals surface area contributed by atoms with Crippen LogP contribution in [0.15, 0.2) is 47.6 Å². The summed E-state index contributed by atoms with van der Waals surface area (Å²) in [5.74, 6) is 0. The predicted octanol–water partition coefficient (Wildman–Crippen LogP) is 6.95. The van der Waals surface area contributed by atoms with Crippen molar-refractivity contribution < 1.29 is 23.7 Å². The fourth-order valence-electron chi connectivity index (χ4n) is 3.21. The zero-order chi connectivity index (χ0) is 26.6. The second-order valence-corrected chi connectivity index (χ2v) is 10.4. The lowest BCUT2D eigenvalue weighted by Gasteiger charge is -2.36. The van der Waals surface area contributed by atoms with E-state index in [9.17, 15) is 0 Å². The standard InChI is InChI=1S/C30H54O5/c1-10-16-31-20-29(11-2,21-32-17-13-26(4)5)24-35-25-30(12-3,22-33-18-14-27(6)7)23-34-19-15-28(8)9/h10,13-15H,1,11-12,16-25H2,2-9H3. The molecule has 0 saturated carbocycles. The summed E-state index contributed by atoms with van der Waals surface area (Å²) in [6, 6.07) is 0. The SMILES string of the molecule is C=CCOCC(CC)(COCC=C(C)C)COCC(CC)(COCC=C(C)C)COCC=C(C)C. The first-order valence-corrected chi connectivity index (χ1v) is 13.0. The van der Waals surface area contributed by atoms with Crippen LogP contribution in [0.5, 0.6) is 0 Å². The number of allylic oxidation sites excluding steroid dienone is 3. The van der Waals surface area contributed by atoms with Gasteiger partial charge in [0.15, 0.2) is 0 Å². The first-order chi connectivity index (χ1) is 16.6. The van der Waals surface area contributed by atoms with Gasteiger partial charge < -0.3 is 23.7 Å². The van der Waals surface area contributed by atoms with Crippen molar-refractivity contribution in [2.45, 2.75) is 68.2 Å². The monoisotopic (exact) mass is 494 g/mol. The Kier molecular flexibility index (Phi) is 19.2. The molecule has 0 aliphatic carbocycles. The molecule has 0 spiro atoms. The van der Waals surface area contributed by atoms with Crippen LogP contribution in [0.1, 0.15) is 68.2 Å². The van der Waals surface area contributed by atoms with Crippen molar-refractivity contribution in [1.82, 2.24) is 0 Å². The van der Waals surface area contributed by atoms with Crippen LogP contribution in [0.25, 0.3) is 0 Å². The van der Waals surface area contributed by atoms with Gasteiger partial charge in [-0.1, -0.05) is 54.9 Å². The first kappa shape index (κ1) is 33.8. The molecular weight excluding hydrogens is 440 g/mol. The lowest BCUT2D eigenvalue weighted by atomic mass is 9.86. The van der Waals surface area contributed by atoms with Gasteiger partial charge in [-0.15, -0.1) is 6.58 Å². The van der Waals surface area contributed by atoms with E-state index in [-0.39, 0.29) is 10.8 Å². The van der Waals surface area contributed by atoms with E-state index in [1.165, 1.54) is 16.7 Å². The van der Waals surface area contributed by atoms with Gasteiger partial charge in [0, 0.05) is 10.8 Å². The van der Waals surface area contributed by atoms with Crippen LogP contribution < -0.4 is 0 Å². The molecule has 204 valence electrons. The maximum atomic E-state index is 6.42. The molecule has 0 heterocycles. The van der Waals surface area contributed by atoms with E-state index in [4.69, 9.17) is 23.7 Å². The Balaban J connectivity index is 5.30. The van der Waals surface area contributed by atoms with E-state index >= 15 is 0 Å². The number of hydrogen-bond acceptors (Lipinski definition) is 5. The van der Waals surface area contributed by atoms with Crippen LogP contribution in [0.4, 0.5) is 0 Å². The van der Waals surface area contributed by atoms with Gasteiger partial charge in [-0.25, -0.2) is 0 Å². The van der Waals surface area contributed by atoms with Crippen molar-refractivity contribution in [3.63, 3.8) is 0 Å². The van der Waals surface area contributed by atoms with Gasteiger partial charge in [0.1, 0.15) is 0 Å². The van der Waals surface area contributed by atoms with Crippen molar-refractivity contribution in [2.75, 3.05) is 66.1 Å². The topological polar surface area (TPSA) is 46.2 Å². The summed E-state index contributed by atoms with van der Waals surface area (Å²) in [4.78, 5) is 0. The molecule has 0 radical (unpaired) electrons. The number of ether oxygens (including phenoxy) is 5. The highest BCUT2D eigenvalue weighted by atomic mass is 16.5. The molecule has 0 fully saturated rings. The summed E-state index contributed by atoms with van der Waals surface area (Å²) in [7, 11) is 0. The molecule has 0 aromatic carbocycles. The van der Waals surface area contributed by atoms with Crippen LogP contribution >= 0.6 is 0 Å². The second-order valence-electron chi connectivity index (χ2n) is 10.4. The summed E-state index contributed by atoms with van der Waals surface area (Å²) in [5.41, 5.74) is 3.33. The van der Waals surface area contributed by atoms with E-state index in [0.29, 0.717) is 66.1 Å². The van der Waals surface area contributed by atoms with Crippen LogP contribution in [-0.2, 0) is 23.7 Å². The molecule has 1 atom stereocenters. The maximum absolute atomic E-state index is 6.42. The van der Waals surface area contributed by atoms with Gasteiger partial charge in [0.2, 0.25) is 0 Å². The molecular formula is C30H54O5. The molecule has 0 bridgehead atoms. The van der Waals surface area contributed by atoms with Gasteiger partial charge in [0.05, 0.1) is 66.1 Å². The van der Waals surface area contributed by atoms with Crippen molar-refractivity contribution in [2.24, 2.45) is 10.8 Å². The fraction of sp³-hybridized carbons (Fsp3) is 0.733. The molecule has 0 aromatic heterocycles. The van der Waals surface area contributed by atoms with Gasteiger partial charge >= 0.3 is 0 Å². The van der Waals surface area contributed by atoms with Crippen LogP contribution in [0, 0.1) is 10.8 Å². The molecule has 0 rings (SSSR count). The van der Waals surface area contributed by atoms with Crippen molar-refractivity contribution in [3.05, 3.63) is 47.6 Å². The van der Waals surface area contributed by atoms with Crippen LogP contribution in [-0.4, -0.2) is 66.1 Å². The van der Waals surface area contributed by atoms with E-state index in [2.05, 4.69) is 80.2 Å². The Labute approximate surface area is 216 Å². The molecule has 0 saturated heterocycles. The van der Waals surface area contributed by atoms with Crippen LogP contribution in [0.2, 0.25) is 0 Å². The zero-order valence-electron chi connectivity index (χ0n) is 24.0. The molecule has 0 amide bonds. The van der Waals surface area contributed by atoms with E-state index in [0.717, 1.165) is 12.8 Å². The summed E-state index contributed by atoms with van der Waals surface area (Å²) >= 11 is 0. The largest absolute Gasteiger partial charge is 0.380 e. The van der Waals surface area contributed by atoms with Gasteiger partial charge in [0.25, 0.3) is 0 Å². The normalized spacial score (nSPS) is 13.1. The summed E-state index contributed by atoms with van der Waals surface area (Å²) in [5, 5.41) is 0. The molecule has 5 heteroatoms. The summed E-state index contributed by atoms with van der Waals surface area (Å²) in [6.45, 7) is 26.4. The van der Waals surface area contributed by atoms with E-state index < -0.39 is 0 Å². The lowest BCUT2D eigenvalue weighted by Crippen LogP contribution is -2.41. The molecule has 0 aliphatic rings. The highest BCUT2D eigenvalue weighted by molar-refractivity contribution is 4.94. The third kappa shape index (κ3) is 17.0. The Bertz CT molecular complexity index is 613. The maximum Gasteiger partial charge on any atom is 0.0650 e. The summed E-state index contributed by atoms with van der Waals surface area (Å²) in [6.07, 6.45) is 9.89. The third-order valence-electron chi connectivity index (χ3n) is 6.01. The van der Waals surface area contributed by atoms with Gasteiger partial charge in [-0.3, -0.25) is 0 Å². The Morgan fingerprint density at radius 1 is 0.514 bits per heavy atom. The average molecular weight is 495 g/mol. The third-order valence-corrected chi connectivity index (χ3v) is 6.01. The van der Waals surface area contributed by atoms with E-state index in [1.807, 2.05) is 0 Å². The minimum absolute atomic E-state index is 0.213. The molecule has 0 aromatic rings. The molecule has 35 heavy (non-hydrogen) atoms. The molecule has 1 unspecified atom stereocenters. The Morgan fingerprint density at radius 2 is 0.800 bits per heavy atom. The summed E-state index contributed by atoms with van der Waals surface area (Å²) < 4.78 is 30.4.